The van der Waals surface area contributed by atoms with E-state index in [9.17, 15) is 4.79 Å². The summed E-state index contributed by atoms with van der Waals surface area (Å²) < 4.78 is 8.48. The third-order valence-corrected chi connectivity index (χ3v) is 8.24. The van der Waals surface area contributed by atoms with Crippen molar-refractivity contribution in [2.75, 3.05) is 0 Å². The Bertz CT molecular complexity index is 1290. The molecule has 146 valence electrons. The van der Waals surface area contributed by atoms with Crippen LogP contribution in [0.15, 0.2) is 72.8 Å². The van der Waals surface area contributed by atoms with Crippen molar-refractivity contribution in [3.8, 4) is 16.7 Å². The van der Waals surface area contributed by atoms with Crippen molar-refractivity contribution in [2.45, 2.75) is 31.3 Å². The van der Waals surface area contributed by atoms with Crippen molar-refractivity contribution in [2.24, 2.45) is 5.92 Å². The van der Waals surface area contributed by atoms with Crippen LogP contribution in [0.1, 0.15) is 36.0 Å². The highest BCUT2D eigenvalue weighted by atomic mass is 32.2. The van der Waals surface area contributed by atoms with Gasteiger partial charge in [0.15, 0.2) is 19.9 Å². The molecule has 0 N–H and O–H groups in total. The van der Waals surface area contributed by atoms with Gasteiger partial charge in [0.05, 0.1) is 5.56 Å². The van der Waals surface area contributed by atoms with Gasteiger partial charge in [-0.25, -0.2) is 4.79 Å². The number of esters is 1. The van der Waals surface area contributed by atoms with Gasteiger partial charge in [0.25, 0.3) is 0 Å². The van der Waals surface area contributed by atoms with Gasteiger partial charge in [-0.2, -0.15) is 0 Å². The van der Waals surface area contributed by atoms with Gasteiger partial charge < -0.3 is 4.74 Å². The maximum Gasteiger partial charge on any atom is 0.339 e. The summed E-state index contributed by atoms with van der Waals surface area (Å²) in [6.45, 7) is 0. The van der Waals surface area contributed by atoms with Crippen molar-refractivity contribution in [3.05, 3.63) is 78.4 Å². The zero-order valence-corrected chi connectivity index (χ0v) is 17.4. The highest BCUT2D eigenvalue weighted by Gasteiger charge is 2.46. The lowest BCUT2D eigenvalue weighted by atomic mass is 10.2. The first-order valence-electron chi connectivity index (χ1n) is 10.5. The number of ether oxygens (including phenoxy) is 1. The zero-order valence-electron chi connectivity index (χ0n) is 16.6. The molecule has 30 heavy (non-hydrogen) atoms. The number of carbonyl (C=O) groups is 1. The summed E-state index contributed by atoms with van der Waals surface area (Å²) in [5.74, 6) is 6.74. The fourth-order valence-electron chi connectivity index (χ4n) is 3.90. The van der Waals surface area contributed by atoms with E-state index in [1.807, 2.05) is 12.1 Å². The highest BCUT2D eigenvalue weighted by Crippen LogP contribution is 2.48. The van der Waals surface area contributed by atoms with E-state index >= 15 is 0 Å². The Morgan fingerprint density at radius 2 is 1.47 bits per heavy atom. The van der Waals surface area contributed by atoms with Crippen LogP contribution < -0.4 is 0 Å². The summed E-state index contributed by atoms with van der Waals surface area (Å²) in [4.78, 5) is 13.9. The monoisotopic (exact) mass is 409 g/mol. The smallest absolute Gasteiger partial charge is 0.339 e. The number of rotatable bonds is 3. The maximum absolute atomic E-state index is 12.7. The van der Waals surface area contributed by atoms with E-state index < -0.39 is 5.60 Å². The van der Waals surface area contributed by atoms with Crippen molar-refractivity contribution in [1.29, 1.82) is 0 Å². The van der Waals surface area contributed by atoms with E-state index in [1.54, 1.807) is 0 Å². The van der Waals surface area contributed by atoms with Crippen molar-refractivity contribution in [3.63, 3.8) is 0 Å². The van der Waals surface area contributed by atoms with Gasteiger partial charge in [-0.05, 0) is 61.4 Å². The fourth-order valence-corrected chi connectivity index (χ4v) is 6.28. The predicted octanol–water partition coefficient (Wildman–Crippen LogP) is 6.83. The molecular weight excluding hydrogens is 388 g/mol. The Balaban J connectivity index is 1.33. The van der Waals surface area contributed by atoms with Gasteiger partial charge in [0, 0.05) is 40.0 Å². The number of thiophene rings is 1. The van der Waals surface area contributed by atoms with Gasteiger partial charge in [-0.1, -0.05) is 36.1 Å². The van der Waals surface area contributed by atoms with Crippen LogP contribution in [0, 0.1) is 17.8 Å². The van der Waals surface area contributed by atoms with Crippen LogP contribution in [-0.2, 0) is 4.74 Å². The van der Waals surface area contributed by atoms with Crippen molar-refractivity contribution in [1.82, 2.24) is 0 Å². The third-order valence-electron chi connectivity index (χ3n) is 5.90. The minimum atomic E-state index is -0.524. The Morgan fingerprint density at radius 3 is 2.03 bits per heavy atom. The largest absolute Gasteiger partial charge is 0.442 e. The second kappa shape index (κ2) is 6.72. The van der Waals surface area contributed by atoms with Crippen LogP contribution in [0.25, 0.3) is 25.1 Å². The Kier molecular flexibility index (Phi) is 3.97. The summed E-state index contributed by atoms with van der Waals surface area (Å²) in [6, 6.07) is 25.2. The molecule has 1 aromatic heterocycles. The van der Waals surface area contributed by atoms with Gasteiger partial charge in [-0.3, -0.25) is 0 Å². The first-order valence-corrected chi connectivity index (χ1v) is 11.7. The van der Waals surface area contributed by atoms with E-state index in [4.69, 9.17) is 4.74 Å². The number of fused-ring (bicyclic) bond motifs is 3. The van der Waals surface area contributed by atoms with Gasteiger partial charge in [-0.15, -0.1) is 0 Å². The lowest BCUT2D eigenvalue weighted by Crippen LogP contribution is -2.17. The van der Waals surface area contributed by atoms with Gasteiger partial charge in [0.1, 0.15) is 0 Å². The minimum absolute atomic E-state index is 0.145. The molecule has 2 nitrogen and oxygen atoms in total. The summed E-state index contributed by atoms with van der Waals surface area (Å²) >= 11 is 0. The van der Waals surface area contributed by atoms with E-state index in [-0.39, 0.29) is 16.4 Å². The number of benzene rings is 3. The Morgan fingerprint density at radius 1 is 0.867 bits per heavy atom. The Labute approximate surface area is 178 Å². The SMILES string of the molecule is O=C(OC1(C#CC2CC2)CC1)c1ccc(-[s+]2c3ccccc3c3ccccc32)cc1. The van der Waals surface area contributed by atoms with Crippen LogP contribution in [0.2, 0.25) is 0 Å². The average molecular weight is 410 g/mol. The number of hydrogen-bond donors (Lipinski definition) is 0. The normalized spacial score (nSPS) is 16.8. The van der Waals surface area contributed by atoms with Crippen LogP contribution >= 0.6 is 10.5 Å². The topological polar surface area (TPSA) is 26.3 Å². The standard InChI is InChI=1S/C27H21O2S/c28-26(29-27(17-18-27)16-15-19-9-10-19)20-11-13-21(14-12-20)30-24-7-3-1-5-22(24)23-6-2-4-8-25(23)30/h1-8,11-14,19H,9-10,17-18H2/q+1. The lowest BCUT2D eigenvalue weighted by Gasteiger charge is -2.10. The average Bonchev–Trinajstić information content (AvgIpc) is 3.71. The van der Waals surface area contributed by atoms with Crippen LogP contribution in [0.5, 0.6) is 0 Å². The zero-order chi connectivity index (χ0) is 20.1. The van der Waals surface area contributed by atoms with Crippen LogP contribution in [0.3, 0.4) is 0 Å². The molecule has 2 aliphatic carbocycles. The van der Waals surface area contributed by atoms with Crippen molar-refractivity contribution >= 4 is 36.6 Å². The molecule has 1 heterocycles. The quantitative estimate of drug-likeness (QED) is 0.210. The third kappa shape index (κ3) is 3.09. The summed E-state index contributed by atoms with van der Waals surface area (Å²) in [5.41, 5.74) is 0.0753. The van der Waals surface area contributed by atoms with Crippen LogP contribution in [0.4, 0.5) is 0 Å². The van der Waals surface area contributed by atoms with Crippen molar-refractivity contribution < 1.29 is 9.53 Å². The van der Waals surface area contributed by atoms with E-state index in [1.165, 1.54) is 37.9 Å². The predicted molar refractivity (Wildman–Crippen MR) is 123 cm³/mol. The molecule has 2 aliphatic rings. The number of carbonyl (C=O) groups excluding carboxylic acids is 1. The summed E-state index contributed by atoms with van der Waals surface area (Å²) in [7, 11) is -0.145. The molecule has 0 bridgehead atoms. The molecule has 0 unspecified atom stereocenters. The van der Waals surface area contributed by atoms with Crippen LogP contribution in [-0.4, -0.2) is 11.6 Å². The Hall–Kier alpha value is -3.09. The van der Waals surface area contributed by atoms with E-state index in [0.29, 0.717) is 11.5 Å². The first kappa shape index (κ1) is 17.7. The highest BCUT2D eigenvalue weighted by molar-refractivity contribution is 7.50. The van der Waals surface area contributed by atoms with E-state index in [0.717, 1.165) is 12.8 Å². The molecule has 3 aromatic carbocycles. The molecule has 3 heteroatoms. The summed E-state index contributed by atoms with van der Waals surface area (Å²) in [5, 5.41) is 2.62. The molecule has 0 atom stereocenters. The molecule has 6 rings (SSSR count). The minimum Gasteiger partial charge on any atom is -0.442 e. The molecule has 0 saturated heterocycles. The molecule has 0 radical (unpaired) electrons. The molecule has 0 amide bonds. The maximum atomic E-state index is 12.7. The fraction of sp³-hybridized carbons (Fsp3) is 0.222. The second-order valence-corrected chi connectivity index (χ2v) is 10.2. The van der Waals surface area contributed by atoms with Gasteiger partial charge in [0.2, 0.25) is 0 Å². The molecule has 0 spiro atoms. The molecule has 4 aromatic rings. The lowest BCUT2D eigenvalue weighted by molar-refractivity contribution is 0.0361. The number of hydrogen-bond acceptors (Lipinski definition) is 2. The molecule has 2 saturated carbocycles. The molecule has 0 aliphatic heterocycles. The van der Waals surface area contributed by atoms with Gasteiger partial charge >= 0.3 is 5.97 Å². The second-order valence-electron chi connectivity index (χ2n) is 8.25. The summed E-state index contributed by atoms with van der Waals surface area (Å²) in [6.07, 6.45) is 4.08. The first-order chi connectivity index (χ1) is 14.7. The van der Waals surface area contributed by atoms with E-state index in [2.05, 4.69) is 72.5 Å². The molecular formula is C27H21O2S+. The molecule has 2 fully saturated rings.